The van der Waals surface area contributed by atoms with E-state index in [0.29, 0.717) is 22.7 Å². The maximum Gasteiger partial charge on any atom is 0.193 e. The van der Waals surface area contributed by atoms with Crippen molar-refractivity contribution in [3.8, 4) is 0 Å². The summed E-state index contributed by atoms with van der Waals surface area (Å²) >= 11 is 5.88. The number of nitrogens with two attached hydrogens (primary N) is 1. The van der Waals surface area contributed by atoms with E-state index in [1.807, 2.05) is 24.3 Å². The Kier molecular flexibility index (Phi) is 4.13. The molecule has 0 aromatic heterocycles. The first kappa shape index (κ1) is 12.8. The van der Waals surface area contributed by atoms with Crippen LogP contribution in [-0.4, -0.2) is 12.3 Å². The Bertz CT molecular complexity index is 549. The van der Waals surface area contributed by atoms with E-state index >= 15 is 0 Å². The van der Waals surface area contributed by atoms with Crippen LogP contribution in [0.25, 0.3) is 0 Å². The van der Waals surface area contributed by atoms with Gasteiger partial charge in [-0.3, -0.25) is 4.79 Å². The molecule has 0 saturated heterocycles. The van der Waals surface area contributed by atoms with Crippen LogP contribution in [-0.2, 0) is 6.42 Å². The molecule has 0 unspecified atom stereocenters. The molecule has 0 heterocycles. The summed E-state index contributed by atoms with van der Waals surface area (Å²) < 4.78 is 0. The Morgan fingerprint density at radius 1 is 1.06 bits per heavy atom. The molecule has 0 saturated carbocycles. The van der Waals surface area contributed by atoms with Crippen molar-refractivity contribution in [2.75, 3.05) is 6.54 Å². The van der Waals surface area contributed by atoms with Gasteiger partial charge in [0.2, 0.25) is 0 Å². The lowest BCUT2D eigenvalue weighted by atomic mass is 10.0. The van der Waals surface area contributed by atoms with Crippen LogP contribution < -0.4 is 5.73 Å². The lowest BCUT2D eigenvalue weighted by Crippen LogP contribution is -2.04. The molecule has 0 radical (unpaired) electrons. The van der Waals surface area contributed by atoms with E-state index < -0.39 is 0 Å². The van der Waals surface area contributed by atoms with Gasteiger partial charge >= 0.3 is 0 Å². The lowest BCUT2D eigenvalue weighted by molar-refractivity contribution is 0.103. The van der Waals surface area contributed by atoms with Gasteiger partial charge in [0.25, 0.3) is 0 Å². The maximum absolute atomic E-state index is 12.2. The summed E-state index contributed by atoms with van der Waals surface area (Å²) in [6, 6.07) is 14.5. The first-order chi connectivity index (χ1) is 8.70. The standard InChI is InChI=1S/C15H14ClNO/c16-14-3-1-2-13(10-14)15(18)12-6-4-11(5-7-12)8-9-17/h1-7,10H,8-9,17H2. The predicted molar refractivity (Wildman–Crippen MR) is 74.1 cm³/mol. The van der Waals surface area contributed by atoms with Crippen molar-refractivity contribution in [2.24, 2.45) is 5.73 Å². The number of carbonyl (C=O) groups is 1. The highest BCUT2D eigenvalue weighted by atomic mass is 35.5. The summed E-state index contributed by atoms with van der Waals surface area (Å²) in [6.07, 6.45) is 0.825. The van der Waals surface area contributed by atoms with Gasteiger partial charge in [0.05, 0.1) is 0 Å². The van der Waals surface area contributed by atoms with Crippen molar-refractivity contribution in [1.82, 2.24) is 0 Å². The van der Waals surface area contributed by atoms with Crippen molar-refractivity contribution in [2.45, 2.75) is 6.42 Å². The molecular formula is C15H14ClNO. The highest BCUT2D eigenvalue weighted by Crippen LogP contribution is 2.15. The molecule has 0 spiro atoms. The van der Waals surface area contributed by atoms with Crippen LogP contribution in [0.4, 0.5) is 0 Å². The molecule has 2 N–H and O–H groups in total. The van der Waals surface area contributed by atoms with Gasteiger partial charge in [-0.2, -0.15) is 0 Å². The number of halogens is 1. The monoisotopic (exact) mass is 259 g/mol. The first-order valence-electron chi connectivity index (χ1n) is 5.80. The second-order valence-electron chi connectivity index (χ2n) is 4.08. The van der Waals surface area contributed by atoms with Crippen molar-refractivity contribution in [1.29, 1.82) is 0 Å². The van der Waals surface area contributed by atoms with E-state index in [4.69, 9.17) is 17.3 Å². The number of benzene rings is 2. The Hall–Kier alpha value is -1.64. The van der Waals surface area contributed by atoms with Crippen molar-refractivity contribution >= 4 is 17.4 Å². The van der Waals surface area contributed by atoms with Crippen molar-refractivity contribution < 1.29 is 4.79 Å². The van der Waals surface area contributed by atoms with Crippen LogP contribution in [0.2, 0.25) is 5.02 Å². The van der Waals surface area contributed by atoms with Gasteiger partial charge < -0.3 is 5.73 Å². The second kappa shape index (κ2) is 5.80. The Morgan fingerprint density at radius 3 is 2.39 bits per heavy atom. The van der Waals surface area contributed by atoms with Crippen LogP contribution in [0, 0.1) is 0 Å². The first-order valence-corrected chi connectivity index (χ1v) is 6.18. The fourth-order valence-electron chi connectivity index (χ4n) is 1.79. The van der Waals surface area contributed by atoms with Crippen molar-refractivity contribution in [3.05, 3.63) is 70.2 Å². The van der Waals surface area contributed by atoms with Gasteiger partial charge in [-0.1, -0.05) is 48.0 Å². The normalized spacial score (nSPS) is 10.3. The van der Waals surface area contributed by atoms with Crippen LogP contribution in [0.15, 0.2) is 48.5 Å². The third-order valence-corrected chi connectivity index (χ3v) is 2.97. The topological polar surface area (TPSA) is 43.1 Å². The third kappa shape index (κ3) is 2.97. The molecule has 2 aromatic rings. The van der Waals surface area contributed by atoms with Crippen LogP contribution in [0.5, 0.6) is 0 Å². The molecule has 2 nitrogen and oxygen atoms in total. The highest BCUT2D eigenvalue weighted by Gasteiger charge is 2.08. The van der Waals surface area contributed by atoms with E-state index in [0.717, 1.165) is 12.0 Å². The molecule has 2 aromatic carbocycles. The molecule has 92 valence electrons. The molecular weight excluding hydrogens is 246 g/mol. The Balaban J connectivity index is 2.23. The van der Waals surface area contributed by atoms with Gasteiger partial charge in [-0.15, -0.1) is 0 Å². The lowest BCUT2D eigenvalue weighted by Gasteiger charge is -2.03. The molecule has 3 heteroatoms. The van der Waals surface area contributed by atoms with Crippen LogP contribution in [0.1, 0.15) is 21.5 Å². The number of hydrogen-bond donors (Lipinski definition) is 1. The molecule has 2 rings (SSSR count). The van der Waals surface area contributed by atoms with E-state index in [-0.39, 0.29) is 5.78 Å². The molecule has 0 amide bonds. The summed E-state index contributed by atoms with van der Waals surface area (Å²) in [5.74, 6) is -0.0169. The summed E-state index contributed by atoms with van der Waals surface area (Å²) in [5.41, 5.74) is 7.89. The number of hydrogen-bond acceptors (Lipinski definition) is 2. The average molecular weight is 260 g/mol. The average Bonchev–Trinajstić information content (AvgIpc) is 2.39. The molecule has 18 heavy (non-hydrogen) atoms. The summed E-state index contributed by atoms with van der Waals surface area (Å²) in [5, 5.41) is 0.570. The van der Waals surface area contributed by atoms with Gasteiger partial charge in [0.1, 0.15) is 0 Å². The largest absolute Gasteiger partial charge is 0.330 e. The number of rotatable bonds is 4. The zero-order valence-electron chi connectivity index (χ0n) is 9.90. The Labute approximate surface area is 111 Å². The maximum atomic E-state index is 12.2. The smallest absolute Gasteiger partial charge is 0.193 e. The predicted octanol–water partition coefficient (Wildman–Crippen LogP) is 3.07. The zero-order chi connectivity index (χ0) is 13.0. The summed E-state index contributed by atoms with van der Waals surface area (Å²) in [4.78, 5) is 12.2. The molecule has 0 aliphatic rings. The minimum Gasteiger partial charge on any atom is -0.330 e. The summed E-state index contributed by atoms with van der Waals surface area (Å²) in [7, 11) is 0. The minimum absolute atomic E-state index is 0.0169. The molecule has 0 bridgehead atoms. The van der Waals surface area contributed by atoms with E-state index in [9.17, 15) is 4.79 Å². The van der Waals surface area contributed by atoms with E-state index in [1.54, 1.807) is 24.3 Å². The molecule has 0 aliphatic heterocycles. The molecule has 0 aliphatic carbocycles. The van der Waals surface area contributed by atoms with Gasteiger partial charge in [0.15, 0.2) is 5.78 Å². The van der Waals surface area contributed by atoms with Gasteiger partial charge in [-0.25, -0.2) is 0 Å². The quantitative estimate of drug-likeness (QED) is 0.858. The van der Waals surface area contributed by atoms with Gasteiger partial charge in [-0.05, 0) is 30.7 Å². The zero-order valence-corrected chi connectivity index (χ0v) is 10.7. The highest BCUT2D eigenvalue weighted by molar-refractivity contribution is 6.31. The van der Waals surface area contributed by atoms with Crippen LogP contribution in [0.3, 0.4) is 0 Å². The van der Waals surface area contributed by atoms with Crippen molar-refractivity contribution in [3.63, 3.8) is 0 Å². The SMILES string of the molecule is NCCc1ccc(C(=O)c2cccc(Cl)c2)cc1. The number of carbonyl (C=O) groups excluding carboxylic acids is 1. The molecule has 0 atom stereocenters. The fraction of sp³-hybridized carbons (Fsp3) is 0.133. The third-order valence-electron chi connectivity index (χ3n) is 2.74. The second-order valence-corrected chi connectivity index (χ2v) is 4.51. The molecule has 0 fully saturated rings. The Morgan fingerprint density at radius 2 is 1.78 bits per heavy atom. The summed E-state index contributed by atoms with van der Waals surface area (Å²) in [6.45, 7) is 0.613. The van der Waals surface area contributed by atoms with E-state index in [2.05, 4.69) is 0 Å². The number of ketones is 1. The fourth-order valence-corrected chi connectivity index (χ4v) is 1.98. The minimum atomic E-state index is -0.0169. The van der Waals surface area contributed by atoms with E-state index in [1.165, 1.54) is 0 Å². The van der Waals surface area contributed by atoms with Crippen LogP contribution >= 0.6 is 11.6 Å². The van der Waals surface area contributed by atoms with Gasteiger partial charge in [0, 0.05) is 16.1 Å².